The number of aromatic amines is 1. The first-order chi connectivity index (χ1) is 11.0. The van der Waals surface area contributed by atoms with Crippen molar-refractivity contribution in [1.29, 1.82) is 0 Å². The molecule has 1 aromatic heterocycles. The molecule has 0 aromatic carbocycles. The summed E-state index contributed by atoms with van der Waals surface area (Å²) in [6, 6.07) is 1.23. The fourth-order valence-corrected chi connectivity index (χ4v) is 2.72. The van der Waals surface area contributed by atoms with E-state index in [1.165, 1.54) is 6.07 Å². The van der Waals surface area contributed by atoms with Crippen molar-refractivity contribution < 1.29 is 19.1 Å². The Morgan fingerprint density at radius 1 is 1.43 bits per heavy atom. The molecule has 1 atom stereocenters. The maximum atomic E-state index is 12.1. The minimum atomic E-state index is -0.696. The summed E-state index contributed by atoms with van der Waals surface area (Å²) in [4.78, 5) is 34.9. The van der Waals surface area contributed by atoms with Crippen molar-refractivity contribution in [2.24, 2.45) is 5.73 Å². The zero-order valence-electron chi connectivity index (χ0n) is 12.4. The number of hydrogen-bond acceptors (Lipinski definition) is 6. The van der Waals surface area contributed by atoms with Crippen LogP contribution in [0, 0.1) is 0 Å². The van der Waals surface area contributed by atoms with Crippen molar-refractivity contribution in [3.05, 3.63) is 17.5 Å². The number of H-pyrrole nitrogens is 1. The van der Waals surface area contributed by atoms with E-state index in [0.29, 0.717) is 26.2 Å². The van der Waals surface area contributed by atoms with E-state index in [1.54, 1.807) is 5.01 Å². The second kappa shape index (κ2) is 6.34. The number of nitrogens with two attached hydrogens (primary N) is 1. The highest BCUT2D eigenvalue weighted by atomic mass is 16.5. The highest BCUT2D eigenvalue weighted by Crippen LogP contribution is 2.15. The molecular formula is C13H18N6O4. The lowest BCUT2D eigenvalue weighted by molar-refractivity contribution is -0.162. The molecule has 124 valence electrons. The number of carbonyl (C=O) groups is 3. The van der Waals surface area contributed by atoms with Crippen LogP contribution in [0.4, 0.5) is 0 Å². The Morgan fingerprint density at radius 3 is 2.96 bits per heavy atom. The number of hydrogen-bond donors (Lipinski definition) is 3. The maximum Gasteiger partial charge on any atom is 0.269 e. The van der Waals surface area contributed by atoms with Crippen molar-refractivity contribution >= 4 is 17.7 Å². The Labute approximate surface area is 131 Å². The van der Waals surface area contributed by atoms with Gasteiger partial charge in [0.25, 0.3) is 17.7 Å². The number of carbonyl (C=O) groups excluding carboxylic acids is 3. The van der Waals surface area contributed by atoms with Gasteiger partial charge in [-0.3, -0.25) is 24.5 Å². The Kier molecular flexibility index (Phi) is 4.26. The third-order valence-corrected chi connectivity index (χ3v) is 3.88. The van der Waals surface area contributed by atoms with Gasteiger partial charge in [0.1, 0.15) is 12.3 Å². The van der Waals surface area contributed by atoms with E-state index in [2.05, 4.69) is 15.5 Å². The number of nitrogens with zero attached hydrogens (tertiary/aromatic N) is 3. The lowest BCUT2D eigenvalue weighted by atomic mass is 10.2. The van der Waals surface area contributed by atoms with Gasteiger partial charge >= 0.3 is 0 Å². The quantitative estimate of drug-likeness (QED) is 0.592. The van der Waals surface area contributed by atoms with Crippen LogP contribution in [0.2, 0.25) is 0 Å². The van der Waals surface area contributed by atoms with Crippen molar-refractivity contribution in [2.45, 2.75) is 12.5 Å². The minimum absolute atomic E-state index is 0.0158. The van der Waals surface area contributed by atoms with Gasteiger partial charge in [-0.2, -0.15) is 5.10 Å². The van der Waals surface area contributed by atoms with E-state index >= 15 is 0 Å². The molecule has 10 nitrogen and oxygen atoms in total. The molecule has 0 spiro atoms. The van der Waals surface area contributed by atoms with E-state index in [-0.39, 0.29) is 35.9 Å². The SMILES string of the molecule is NC(=O)c1cc(C(=O)NC2CCN(N3CCOCC3=O)C2)[nH]n1. The second-order valence-corrected chi connectivity index (χ2v) is 5.47. The number of amides is 3. The highest BCUT2D eigenvalue weighted by Gasteiger charge is 2.32. The summed E-state index contributed by atoms with van der Waals surface area (Å²) in [5.41, 5.74) is 5.29. The van der Waals surface area contributed by atoms with E-state index in [0.717, 1.165) is 6.42 Å². The standard InChI is InChI=1S/C13H18N6O4/c14-12(21)9-5-10(17-16-9)13(22)15-8-1-2-18(6-8)19-3-4-23-7-11(19)20/h5,8H,1-4,6-7H2,(H2,14,21)(H,15,22)(H,16,17). The first kappa shape index (κ1) is 15.4. The number of morpholine rings is 1. The molecule has 0 aliphatic carbocycles. The van der Waals surface area contributed by atoms with Gasteiger partial charge < -0.3 is 15.8 Å². The van der Waals surface area contributed by atoms with Crippen molar-refractivity contribution in [3.8, 4) is 0 Å². The van der Waals surface area contributed by atoms with Gasteiger partial charge in [-0.25, -0.2) is 5.01 Å². The predicted octanol–water partition coefficient (Wildman–Crippen LogP) is -1.91. The highest BCUT2D eigenvalue weighted by molar-refractivity contribution is 5.97. The average molecular weight is 322 g/mol. The van der Waals surface area contributed by atoms with Crippen LogP contribution >= 0.6 is 0 Å². The smallest absolute Gasteiger partial charge is 0.269 e. The minimum Gasteiger partial charge on any atom is -0.370 e. The first-order valence-corrected chi connectivity index (χ1v) is 7.33. The van der Waals surface area contributed by atoms with Gasteiger partial charge in [0.15, 0.2) is 5.69 Å². The molecule has 2 aliphatic heterocycles. The van der Waals surface area contributed by atoms with Crippen LogP contribution < -0.4 is 11.1 Å². The van der Waals surface area contributed by atoms with Crippen LogP contribution in [0.1, 0.15) is 27.4 Å². The number of primary amides is 1. The number of nitrogens with one attached hydrogen (secondary N) is 2. The summed E-state index contributed by atoms with van der Waals surface area (Å²) in [6.07, 6.45) is 0.729. The van der Waals surface area contributed by atoms with Crippen LogP contribution in [0.25, 0.3) is 0 Å². The number of ether oxygens (including phenoxy) is 1. The molecule has 10 heteroatoms. The molecule has 2 fully saturated rings. The molecule has 2 saturated heterocycles. The van der Waals surface area contributed by atoms with Crippen molar-refractivity contribution in [1.82, 2.24) is 25.5 Å². The van der Waals surface area contributed by atoms with E-state index in [9.17, 15) is 14.4 Å². The van der Waals surface area contributed by atoms with Crippen molar-refractivity contribution in [3.63, 3.8) is 0 Å². The summed E-state index contributed by atoms with van der Waals surface area (Å²) < 4.78 is 5.11. The Balaban J connectivity index is 1.55. The third-order valence-electron chi connectivity index (χ3n) is 3.88. The molecule has 23 heavy (non-hydrogen) atoms. The number of rotatable bonds is 4. The second-order valence-electron chi connectivity index (χ2n) is 5.47. The Hall–Kier alpha value is -2.46. The topological polar surface area (TPSA) is 134 Å². The van der Waals surface area contributed by atoms with E-state index < -0.39 is 5.91 Å². The lowest BCUT2D eigenvalue weighted by Gasteiger charge is -2.34. The van der Waals surface area contributed by atoms with Crippen molar-refractivity contribution in [2.75, 3.05) is 32.8 Å². The molecule has 1 aromatic rings. The molecule has 0 bridgehead atoms. The van der Waals surface area contributed by atoms with Crippen LogP contribution in [-0.4, -0.2) is 76.8 Å². The molecule has 4 N–H and O–H groups in total. The molecule has 3 amide bonds. The maximum absolute atomic E-state index is 12.1. The van der Waals surface area contributed by atoms with Crippen LogP contribution in [0.15, 0.2) is 6.07 Å². The Bertz CT molecular complexity index is 630. The molecule has 3 heterocycles. The summed E-state index contributed by atoms with van der Waals surface area (Å²) in [5.74, 6) is -1.12. The lowest BCUT2D eigenvalue weighted by Crippen LogP contribution is -2.52. The predicted molar refractivity (Wildman–Crippen MR) is 77.1 cm³/mol. The molecule has 3 rings (SSSR count). The van der Waals surface area contributed by atoms with Gasteiger partial charge in [0, 0.05) is 25.2 Å². The fraction of sp³-hybridized carbons (Fsp3) is 0.538. The zero-order valence-corrected chi connectivity index (χ0v) is 12.4. The Morgan fingerprint density at radius 2 is 2.26 bits per heavy atom. The monoisotopic (exact) mass is 322 g/mol. The molecule has 2 aliphatic rings. The van der Waals surface area contributed by atoms with Gasteiger partial charge in [-0.1, -0.05) is 0 Å². The largest absolute Gasteiger partial charge is 0.370 e. The van der Waals surface area contributed by atoms with Gasteiger partial charge in [0.2, 0.25) is 0 Å². The van der Waals surface area contributed by atoms with Crippen LogP contribution in [0.3, 0.4) is 0 Å². The average Bonchev–Trinajstić information content (AvgIpc) is 3.16. The summed E-state index contributed by atoms with van der Waals surface area (Å²) in [7, 11) is 0. The van der Waals surface area contributed by atoms with E-state index in [1.807, 2.05) is 5.01 Å². The fourth-order valence-electron chi connectivity index (χ4n) is 2.72. The zero-order chi connectivity index (χ0) is 16.4. The molecule has 1 unspecified atom stereocenters. The van der Waals surface area contributed by atoms with E-state index in [4.69, 9.17) is 10.5 Å². The summed E-state index contributed by atoms with van der Waals surface area (Å²) >= 11 is 0. The third kappa shape index (κ3) is 3.32. The van der Waals surface area contributed by atoms with Gasteiger partial charge in [-0.15, -0.1) is 0 Å². The van der Waals surface area contributed by atoms with Crippen LogP contribution in [-0.2, 0) is 9.53 Å². The molecule has 0 saturated carbocycles. The normalized spacial score (nSPS) is 22.3. The summed E-state index contributed by atoms with van der Waals surface area (Å²) in [6.45, 7) is 2.38. The van der Waals surface area contributed by atoms with Gasteiger partial charge in [-0.05, 0) is 6.42 Å². The first-order valence-electron chi connectivity index (χ1n) is 7.33. The van der Waals surface area contributed by atoms with Gasteiger partial charge in [0.05, 0.1) is 13.2 Å². The molecular weight excluding hydrogens is 304 g/mol. The number of hydrazine groups is 1. The number of aromatic nitrogens is 2. The molecule has 0 radical (unpaired) electrons. The van der Waals surface area contributed by atoms with Crippen LogP contribution in [0.5, 0.6) is 0 Å². The summed E-state index contributed by atoms with van der Waals surface area (Å²) in [5, 5.41) is 12.6.